The molecule has 1 fully saturated rings. The van der Waals surface area contributed by atoms with E-state index in [4.69, 9.17) is 22.1 Å². The highest BCUT2D eigenvalue weighted by molar-refractivity contribution is 7.91. The predicted molar refractivity (Wildman–Crippen MR) is 193 cm³/mol. The minimum atomic E-state index is -5.35. The molecule has 4 N–H and O–H groups in total. The summed E-state index contributed by atoms with van der Waals surface area (Å²) in [4.78, 5) is 54.5. The molecule has 0 aliphatic carbocycles. The number of hydrogen-bond acceptors (Lipinski definition) is 8. The molecule has 0 saturated carbocycles. The number of carbonyl (C=O) groups is 4. The number of nitrogens with two attached hydrogens (primary N) is 1. The van der Waals surface area contributed by atoms with Gasteiger partial charge in [0.1, 0.15) is 17.8 Å². The lowest BCUT2D eigenvalue weighted by Gasteiger charge is -2.31. The molecule has 3 aromatic carbocycles. The fourth-order valence-electron chi connectivity index (χ4n) is 6.09. The molecular weight excluding hydrogens is 775 g/mol. The van der Waals surface area contributed by atoms with E-state index in [1.165, 1.54) is 69.5 Å². The molecule has 1 unspecified atom stereocenters. The van der Waals surface area contributed by atoms with E-state index in [-0.39, 0.29) is 11.6 Å². The Balaban J connectivity index is 1.74. The summed E-state index contributed by atoms with van der Waals surface area (Å²) in [5.74, 6) is -12.1. The van der Waals surface area contributed by atoms with Crippen LogP contribution in [0, 0.1) is 5.92 Å². The number of nitrogens with zero attached hydrogens (tertiary/aromatic N) is 1. The molecule has 18 heteroatoms. The summed E-state index contributed by atoms with van der Waals surface area (Å²) in [6.45, 7) is 1.94. The van der Waals surface area contributed by atoms with Gasteiger partial charge in [0.05, 0.1) is 24.2 Å². The minimum absolute atomic E-state index is 0.103. The number of ketones is 1. The number of amides is 3. The van der Waals surface area contributed by atoms with Crippen molar-refractivity contribution < 1.29 is 54.3 Å². The van der Waals surface area contributed by atoms with Crippen LogP contribution in [0.2, 0.25) is 5.02 Å². The van der Waals surface area contributed by atoms with E-state index in [2.05, 4.69) is 0 Å². The third-order valence-corrected chi connectivity index (χ3v) is 11.5. The summed E-state index contributed by atoms with van der Waals surface area (Å²) in [6.07, 6.45) is -6.40. The lowest BCUT2D eigenvalue weighted by molar-refractivity contribution is -0.175. The quantitative estimate of drug-likeness (QED) is 0.189. The Morgan fingerprint density at radius 3 is 2.07 bits per heavy atom. The van der Waals surface area contributed by atoms with E-state index in [0.717, 1.165) is 17.0 Å². The predicted octanol–water partition coefficient (Wildman–Crippen LogP) is 4.48. The van der Waals surface area contributed by atoms with E-state index >= 15 is 8.78 Å². The van der Waals surface area contributed by atoms with Crippen molar-refractivity contribution in [3.8, 4) is 5.75 Å². The zero-order valence-electron chi connectivity index (χ0n) is 29.9. The van der Waals surface area contributed by atoms with Crippen molar-refractivity contribution in [2.45, 2.75) is 74.5 Å². The Bertz CT molecular complexity index is 1980. The highest BCUT2D eigenvalue weighted by Gasteiger charge is 2.50. The lowest BCUT2D eigenvalue weighted by Crippen LogP contribution is -2.58. The number of rotatable bonds is 15. The summed E-state index contributed by atoms with van der Waals surface area (Å²) in [6, 6.07) is 10.8. The number of likely N-dealkylation sites (tertiary alicyclic amines) is 1. The van der Waals surface area contributed by atoms with Crippen LogP contribution in [-0.2, 0) is 53.7 Å². The number of nitrogens with one attached hydrogen (secondary N) is 2. The van der Waals surface area contributed by atoms with Crippen molar-refractivity contribution in [1.29, 1.82) is 0 Å². The zero-order valence-corrected chi connectivity index (χ0v) is 31.5. The Kier molecular flexibility index (Phi) is 13.7. The largest absolute Gasteiger partial charge is 0.497 e. The van der Waals surface area contributed by atoms with Gasteiger partial charge in [0.15, 0.2) is 9.84 Å². The Hall–Kier alpha value is -4.61. The highest BCUT2D eigenvalue weighted by Crippen LogP contribution is 2.32. The summed E-state index contributed by atoms with van der Waals surface area (Å²) < 4.78 is 104. The van der Waals surface area contributed by atoms with Crippen LogP contribution < -0.4 is 21.1 Å². The van der Waals surface area contributed by atoms with Gasteiger partial charge in [-0.2, -0.15) is 22.0 Å². The number of carbonyl (C=O) groups excluding carboxylic acids is 4. The van der Waals surface area contributed by atoms with Crippen LogP contribution in [0.1, 0.15) is 42.5 Å². The van der Waals surface area contributed by atoms with E-state index in [9.17, 15) is 40.8 Å². The molecule has 0 bridgehead atoms. The minimum Gasteiger partial charge on any atom is -0.497 e. The number of Topliss-reactive ketones (excluding diaryl/α,β-unsaturated/α-hetero) is 1. The third kappa shape index (κ3) is 10.6. The highest BCUT2D eigenvalue weighted by atomic mass is 35.5. The van der Waals surface area contributed by atoms with Crippen molar-refractivity contribution in [2.75, 3.05) is 13.7 Å². The molecule has 11 nitrogen and oxygen atoms in total. The van der Waals surface area contributed by atoms with E-state index < -0.39 is 105 Å². The first-order chi connectivity index (χ1) is 25.7. The molecule has 3 aromatic rings. The molecule has 298 valence electrons. The van der Waals surface area contributed by atoms with Gasteiger partial charge in [-0.15, -0.1) is 0 Å². The van der Waals surface area contributed by atoms with Crippen LogP contribution in [0.4, 0.5) is 22.0 Å². The summed E-state index contributed by atoms with van der Waals surface area (Å²) in [7, 11) is -2.81. The van der Waals surface area contributed by atoms with Gasteiger partial charge in [-0.3, -0.25) is 19.2 Å². The molecular formula is C37H40ClF5N4O7S. The van der Waals surface area contributed by atoms with Gasteiger partial charge >= 0.3 is 12.1 Å². The zero-order chi connectivity index (χ0) is 40.9. The van der Waals surface area contributed by atoms with E-state index in [0.29, 0.717) is 22.4 Å². The average molecular weight is 815 g/mol. The smallest absolute Gasteiger partial charge is 0.452 e. The number of sulfone groups is 1. The van der Waals surface area contributed by atoms with Gasteiger partial charge in [0, 0.05) is 30.1 Å². The topological polar surface area (TPSA) is 165 Å². The molecule has 1 heterocycles. The van der Waals surface area contributed by atoms with Gasteiger partial charge in [-0.25, -0.2) is 8.42 Å². The van der Waals surface area contributed by atoms with Crippen molar-refractivity contribution in [2.24, 2.45) is 11.7 Å². The molecule has 1 aliphatic heterocycles. The number of methoxy groups -OCH3 is 1. The second kappa shape index (κ2) is 17.5. The van der Waals surface area contributed by atoms with Crippen molar-refractivity contribution >= 4 is 44.9 Å². The lowest BCUT2D eigenvalue weighted by atomic mass is 9.98. The molecule has 1 saturated heterocycles. The van der Waals surface area contributed by atoms with Crippen molar-refractivity contribution in [3.63, 3.8) is 0 Å². The number of ether oxygens (including phenoxy) is 1. The third-order valence-electron chi connectivity index (χ3n) is 9.18. The van der Waals surface area contributed by atoms with Crippen LogP contribution in [0.3, 0.4) is 0 Å². The van der Waals surface area contributed by atoms with Crippen LogP contribution >= 0.6 is 11.6 Å². The molecule has 0 radical (unpaired) electrons. The maximum atomic E-state index is 15.6. The summed E-state index contributed by atoms with van der Waals surface area (Å²) >= 11 is 5.88. The molecule has 55 heavy (non-hydrogen) atoms. The average Bonchev–Trinajstić information content (AvgIpc) is 3.60. The maximum absolute atomic E-state index is 15.6. The van der Waals surface area contributed by atoms with Crippen LogP contribution in [0.25, 0.3) is 0 Å². The number of hydrogen-bond donors (Lipinski definition) is 3. The normalized spacial score (nSPS) is 17.4. The SMILES string of the molecule is COc1ccc(CS(=O)(=O)[C@@H]2C[C@@H](C(=O)NC(C(=O)C(F)(F)F)C(C)C)N(C(=O)[C@H](Cc3ccc(CN)cc3)NC(=O)C(F)(F)c3cccc(Cl)c3)C2)cc1. The fourth-order valence-corrected chi connectivity index (χ4v) is 8.04. The second-order valence-corrected chi connectivity index (χ2v) is 16.2. The standard InChI is InChI=1S/C37H40ClF5N4O7S/c1-21(2)31(32(48)37(41,42)43)46-33(49)30-17-28(55(52,53)20-24-11-13-27(54-3)14-12-24)19-47(30)34(50)29(15-22-7-9-23(18-44)10-8-22)45-35(51)36(39,40)25-5-4-6-26(38)16-25/h4-14,16,21,28-31H,15,17-20,44H2,1-3H3,(H,45,51)(H,46,49)/t28-,29+,30+,31?/m1/s1. The molecule has 1 aliphatic rings. The second-order valence-electron chi connectivity index (χ2n) is 13.4. The Morgan fingerprint density at radius 2 is 1.53 bits per heavy atom. The monoisotopic (exact) mass is 814 g/mol. The Morgan fingerprint density at radius 1 is 0.927 bits per heavy atom. The van der Waals surface area contributed by atoms with Crippen LogP contribution in [0.15, 0.2) is 72.8 Å². The summed E-state index contributed by atoms with van der Waals surface area (Å²) in [5.41, 5.74) is 6.22. The maximum Gasteiger partial charge on any atom is 0.452 e. The van der Waals surface area contributed by atoms with Gasteiger partial charge in [0.25, 0.3) is 11.7 Å². The first-order valence-corrected chi connectivity index (χ1v) is 19.1. The molecule has 4 atom stereocenters. The van der Waals surface area contributed by atoms with Crippen molar-refractivity contribution in [3.05, 3.63) is 100 Å². The molecule has 3 amide bonds. The number of halogens is 6. The van der Waals surface area contributed by atoms with E-state index in [1.54, 1.807) is 12.1 Å². The van der Waals surface area contributed by atoms with Crippen molar-refractivity contribution in [1.82, 2.24) is 15.5 Å². The molecule has 4 rings (SSSR count). The van der Waals surface area contributed by atoms with Gasteiger partial charge in [-0.1, -0.05) is 74.0 Å². The molecule has 0 aromatic heterocycles. The van der Waals surface area contributed by atoms with Gasteiger partial charge in [-0.05, 0) is 53.3 Å². The van der Waals surface area contributed by atoms with E-state index in [1.807, 2.05) is 10.6 Å². The number of alkyl halides is 5. The first kappa shape index (κ1) is 43.1. The van der Waals surface area contributed by atoms with Gasteiger partial charge < -0.3 is 26.0 Å². The summed E-state index contributed by atoms with van der Waals surface area (Å²) in [5, 5.41) is 2.50. The first-order valence-electron chi connectivity index (χ1n) is 17.0. The number of benzene rings is 3. The van der Waals surface area contributed by atoms with Gasteiger partial charge in [0.2, 0.25) is 11.8 Å². The fraction of sp³-hybridized carbons (Fsp3) is 0.405. The Labute approximate surface area is 319 Å². The van der Waals surface area contributed by atoms with Crippen LogP contribution in [-0.4, -0.2) is 80.0 Å². The van der Waals surface area contributed by atoms with Crippen LogP contribution in [0.5, 0.6) is 5.75 Å². The molecule has 0 spiro atoms.